The minimum atomic E-state index is -1.86. The Balaban J connectivity index is 2.33. The molecule has 0 aliphatic carbocycles. The molecular weight excluding hydrogens is 789 g/mol. The number of ether oxygens (including phenoxy) is 4. The third kappa shape index (κ3) is 31.9. The van der Waals surface area contributed by atoms with E-state index in [0.29, 0.717) is 12.8 Å². The molecule has 0 saturated carbocycles. The Kier molecular flexibility index (Phi) is 37.7. The number of carbonyl (C=O) groups excluding carboxylic acids is 2. The van der Waals surface area contributed by atoms with Crippen LogP contribution in [0.5, 0.6) is 0 Å². The molecule has 0 radical (unpaired) electrons. The molecular formula is C51H88O11. The zero-order chi connectivity index (χ0) is 45.3. The fourth-order valence-electron chi connectivity index (χ4n) is 7.23. The summed E-state index contributed by atoms with van der Waals surface area (Å²) >= 11 is 0. The van der Waals surface area contributed by atoms with Crippen molar-refractivity contribution < 1.29 is 53.8 Å². The van der Waals surface area contributed by atoms with E-state index in [1.165, 1.54) is 96.3 Å². The van der Waals surface area contributed by atoms with Gasteiger partial charge in [0.1, 0.15) is 24.9 Å². The smallest absolute Gasteiger partial charge is 0.335 e. The molecule has 0 aromatic rings. The summed E-state index contributed by atoms with van der Waals surface area (Å²) in [7, 11) is 0. The first-order valence-corrected chi connectivity index (χ1v) is 24.7. The van der Waals surface area contributed by atoms with E-state index in [-0.39, 0.29) is 19.4 Å². The van der Waals surface area contributed by atoms with Gasteiger partial charge in [-0.3, -0.25) is 9.59 Å². The Labute approximate surface area is 375 Å². The van der Waals surface area contributed by atoms with Crippen molar-refractivity contribution in [2.24, 2.45) is 0 Å². The lowest BCUT2D eigenvalue weighted by Crippen LogP contribution is -2.60. The Morgan fingerprint density at radius 2 is 0.903 bits per heavy atom. The average molecular weight is 877 g/mol. The van der Waals surface area contributed by atoms with Crippen LogP contribution in [-0.2, 0) is 33.3 Å². The molecule has 1 aliphatic rings. The minimum absolute atomic E-state index is 0.172. The normalized spacial score (nSPS) is 19.9. The number of carboxylic acid groups (broad SMARTS) is 1. The molecule has 1 aliphatic heterocycles. The summed E-state index contributed by atoms with van der Waals surface area (Å²) in [5, 5.41) is 39.9. The highest BCUT2D eigenvalue weighted by Crippen LogP contribution is 2.23. The van der Waals surface area contributed by atoms with Gasteiger partial charge in [-0.2, -0.15) is 0 Å². The number of allylic oxidation sites excluding steroid dienone is 8. The first kappa shape index (κ1) is 57.2. The Morgan fingerprint density at radius 1 is 0.500 bits per heavy atom. The van der Waals surface area contributed by atoms with Gasteiger partial charge in [0, 0.05) is 12.8 Å². The van der Waals surface area contributed by atoms with Crippen LogP contribution in [0.4, 0.5) is 0 Å². The van der Waals surface area contributed by atoms with Gasteiger partial charge >= 0.3 is 17.9 Å². The zero-order valence-corrected chi connectivity index (χ0v) is 38.9. The highest BCUT2D eigenvalue weighted by atomic mass is 16.7. The number of carbonyl (C=O) groups is 3. The predicted octanol–water partition coefficient (Wildman–Crippen LogP) is 11.3. The molecule has 1 heterocycles. The van der Waals surface area contributed by atoms with E-state index in [4.69, 9.17) is 18.9 Å². The van der Waals surface area contributed by atoms with Crippen molar-refractivity contribution in [2.45, 2.75) is 243 Å². The van der Waals surface area contributed by atoms with Crippen LogP contribution in [0.25, 0.3) is 0 Å². The topological polar surface area (TPSA) is 169 Å². The van der Waals surface area contributed by atoms with Crippen LogP contribution >= 0.6 is 0 Å². The quantitative estimate of drug-likeness (QED) is 0.0262. The second kappa shape index (κ2) is 40.9. The van der Waals surface area contributed by atoms with Gasteiger partial charge in [-0.25, -0.2) is 4.79 Å². The highest BCUT2D eigenvalue weighted by Gasteiger charge is 2.47. The van der Waals surface area contributed by atoms with Crippen molar-refractivity contribution in [3.05, 3.63) is 48.6 Å². The highest BCUT2D eigenvalue weighted by molar-refractivity contribution is 5.73. The van der Waals surface area contributed by atoms with Crippen molar-refractivity contribution in [1.82, 2.24) is 0 Å². The summed E-state index contributed by atoms with van der Waals surface area (Å²) in [6.45, 7) is 3.77. The van der Waals surface area contributed by atoms with Crippen LogP contribution in [0.15, 0.2) is 48.6 Å². The van der Waals surface area contributed by atoms with Gasteiger partial charge in [-0.1, -0.05) is 165 Å². The first-order valence-electron chi connectivity index (χ1n) is 24.7. The monoisotopic (exact) mass is 877 g/mol. The van der Waals surface area contributed by atoms with Crippen LogP contribution in [-0.4, -0.2) is 88.4 Å². The van der Waals surface area contributed by atoms with Crippen LogP contribution < -0.4 is 0 Å². The molecule has 1 saturated heterocycles. The molecule has 4 N–H and O–H groups in total. The van der Waals surface area contributed by atoms with Crippen molar-refractivity contribution in [3.63, 3.8) is 0 Å². The molecule has 11 nitrogen and oxygen atoms in total. The van der Waals surface area contributed by atoms with Gasteiger partial charge in [0.2, 0.25) is 0 Å². The summed E-state index contributed by atoms with van der Waals surface area (Å²) < 4.78 is 21.8. The molecule has 6 unspecified atom stereocenters. The van der Waals surface area contributed by atoms with Crippen LogP contribution in [0.1, 0.15) is 206 Å². The van der Waals surface area contributed by atoms with E-state index in [9.17, 15) is 34.8 Å². The van der Waals surface area contributed by atoms with E-state index >= 15 is 0 Å². The second-order valence-corrected chi connectivity index (χ2v) is 16.9. The lowest BCUT2D eigenvalue weighted by molar-refractivity contribution is -0.298. The second-order valence-electron chi connectivity index (χ2n) is 16.9. The van der Waals surface area contributed by atoms with Gasteiger partial charge in [0.25, 0.3) is 0 Å². The molecule has 0 spiro atoms. The number of hydrogen-bond donors (Lipinski definition) is 4. The lowest BCUT2D eigenvalue weighted by Gasteiger charge is -2.38. The van der Waals surface area contributed by atoms with E-state index in [2.05, 4.69) is 62.5 Å². The summed E-state index contributed by atoms with van der Waals surface area (Å²) in [6, 6.07) is 0. The number of hydrogen-bond acceptors (Lipinski definition) is 10. The summed E-state index contributed by atoms with van der Waals surface area (Å²) in [5.74, 6) is -2.46. The van der Waals surface area contributed by atoms with Gasteiger partial charge < -0.3 is 39.4 Å². The number of carboxylic acids is 1. The third-order valence-corrected chi connectivity index (χ3v) is 11.2. The number of esters is 2. The van der Waals surface area contributed by atoms with E-state index in [0.717, 1.165) is 70.6 Å². The van der Waals surface area contributed by atoms with E-state index in [1.54, 1.807) is 0 Å². The number of aliphatic hydroxyl groups is 3. The number of aliphatic hydroxyl groups excluding tert-OH is 3. The summed E-state index contributed by atoms with van der Waals surface area (Å²) in [4.78, 5) is 36.9. The van der Waals surface area contributed by atoms with Crippen molar-refractivity contribution in [3.8, 4) is 0 Å². The van der Waals surface area contributed by atoms with E-state index < -0.39 is 61.3 Å². The maximum absolute atomic E-state index is 12.8. The number of aliphatic carboxylic acids is 1. The number of rotatable bonds is 41. The molecule has 11 heteroatoms. The fraction of sp³-hybridized carbons (Fsp3) is 0.784. The molecule has 358 valence electrons. The lowest BCUT2D eigenvalue weighted by atomic mass is 9.99. The first-order chi connectivity index (χ1) is 30.2. The predicted molar refractivity (Wildman–Crippen MR) is 248 cm³/mol. The van der Waals surface area contributed by atoms with Crippen molar-refractivity contribution in [1.29, 1.82) is 0 Å². The third-order valence-electron chi connectivity index (χ3n) is 11.2. The van der Waals surface area contributed by atoms with Crippen molar-refractivity contribution >= 4 is 17.9 Å². The number of unbranched alkanes of at least 4 members (excludes halogenated alkanes) is 22. The Morgan fingerprint density at radius 3 is 1.34 bits per heavy atom. The van der Waals surface area contributed by atoms with E-state index in [1.807, 2.05) is 0 Å². The summed E-state index contributed by atoms with van der Waals surface area (Å²) in [6.07, 6.45) is 40.1. The largest absolute Gasteiger partial charge is 0.479 e. The standard InChI is InChI=1S/C51H88O11/c1-3-5-7-9-11-13-15-17-19-21-22-24-25-27-29-31-33-35-37-39-44(52)59-41-43(42-60-51-48(56)46(54)47(55)49(62-51)50(57)58)61-45(53)40-38-36-34-32-30-28-26-23-20-18-16-14-12-10-8-6-4-2/h11-14,17-20,43,46-49,51,54-56H,3-10,15-16,21-42H2,1-2H3,(H,57,58)/b13-11-,14-12-,19-17-,20-18-. The molecule has 0 bridgehead atoms. The molecule has 1 rings (SSSR count). The van der Waals surface area contributed by atoms with Gasteiger partial charge in [-0.15, -0.1) is 0 Å². The molecule has 0 aromatic heterocycles. The average Bonchev–Trinajstić information content (AvgIpc) is 3.26. The van der Waals surface area contributed by atoms with Crippen LogP contribution in [0.3, 0.4) is 0 Å². The Bertz CT molecular complexity index is 1210. The maximum atomic E-state index is 12.8. The van der Waals surface area contributed by atoms with Gasteiger partial charge in [0.15, 0.2) is 18.5 Å². The zero-order valence-electron chi connectivity index (χ0n) is 38.9. The van der Waals surface area contributed by atoms with Crippen LogP contribution in [0, 0.1) is 0 Å². The van der Waals surface area contributed by atoms with Crippen LogP contribution in [0.2, 0.25) is 0 Å². The molecule has 62 heavy (non-hydrogen) atoms. The van der Waals surface area contributed by atoms with Crippen molar-refractivity contribution in [2.75, 3.05) is 13.2 Å². The molecule has 1 fully saturated rings. The molecule has 6 atom stereocenters. The maximum Gasteiger partial charge on any atom is 0.335 e. The van der Waals surface area contributed by atoms with Gasteiger partial charge in [-0.05, 0) is 77.0 Å². The molecule has 0 aromatic carbocycles. The Hall–Kier alpha value is -2.83. The van der Waals surface area contributed by atoms with Gasteiger partial charge in [0.05, 0.1) is 6.61 Å². The fourth-order valence-corrected chi connectivity index (χ4v) is 7.23. The summed E-state index contributed by atoms with van der Waals surface area (Å²) in [5.41, 5.74) is 0. The SMILES string of the molecule is CCCCC/C=C\C/C=C\CCCCCCCCCCCC(=O)OCC(COC1OC(C(=O)O)C(O)C(O)C1O)OC(=O)CCCCCCCCC/C=C\C/C=C\CCCCC. The molecule has 0 amide bonds. The minimum Gasteiger partial charge on any atom is -0.479 e.